The summed E-state index contributed by atoms with van der Waals surface area (Å²) in [6.45, 7) is 4.68. The van der Waals surface area contributed by atoms with Crippen LogP contribution in [0.2, 0.25) is 0 Å². The van der Waals surface area contributed by atoms with Gasteiger partial charge in [-0.15, -0.1) is 0 Å². The Bertz CT molecular complexity index is 116. The molecule has 1 N–H and O–H groups in total. The summed E-state index contributed by atoms with van der Waals surface area (Å²) in [5.74, 6) is 0. The standard InChI is InChI=1S/C9H20IO5P/c10-16-15-4-1-3-12-6-8-14-9-7-13-5-2-11/h11,16H,1-9H2. The van der Waals surface area contributed by atoms with Crippen molar-refractivity contribution in [1.29, 1.82) is 0 Å². The highest BCUT2D eigenvalue weighted by atomic mass is 127. The minimum atomic E-state index is 0.0585. The molecule has 0 aliphatic carbocycles. The van der Waals surface area contributed by atoms with Gasteiger partial charge in [0.15, 0.2) is 0 Å². The Kier molecular flexibility index (Phi) is 16.9. The molecule has 1 atom stereocenters. The zero-order chi connectivity index (χ0) is 11.9. The van der Waals surface area contributed by atoms with Crippen LogP contribution in [0.15, 0.2) is 0 Å². The normalized spacial score (nSPS) is 11.6. The fourth-order valence-electron chi connectivity index (χ4n) is 0.878. The second-order valence-corrected chi connectivity index (χ2v) is 4.60. The van der Waals surface area contributed by atoms with E-state index in [1.165, 1.54) is 0 Å². The number of aliphatic hydroxyl groups is 1. The van der Waals surface area contributed by atoms with Gasteiger partial charge in [-0.05, 0) is 28.5 Å². The zero-order valence-corrected chi connectivity index (χ0v) is 12.5. The Labute approximate surface area is 112 Å². The predicted octanol–water partition coefficient (Wildman–Crippen LogP) is 1.38. The lowest BCUT2D eigenvalue weighted by atomic mass is 10.5. The molecule has 0 aromatic rings. The first-order valence-electron chi connectivity index (χ1n) is 5.23. The van der Waals surface area contributed by atoms with Crippen LogP contribution in [0.25, 0.3) is 0 Å². The Balaban J connectivity index is 2.83. The number of rotatable bonds is 13. The molecule has 0 aliphatic heterocycles. The first-order valence-corrected chi connectivity index (χ1v) is 9.25. The van der Waals surface area contributed by atoms with Crippen LogP contribution in [0.3, 0.4) is 0 Å². The first-order chi connectivity index (χ1) is 7.91. The van der Waals surface area contributed by atoms with E-state index in [0.29, 0.717) is 46.1 Å². The van der Waals surface area contributed by atoms with Crippen molar-refractivity contribution in [2.75, 3.05) is 52.9 Å². The molecular formula is C9H20IO5P. The van der Waals surface area contributed by atoms with Crippen molar-refractivity contribution in [3.8, 4) is 0 Å². The van der Waals surface area contributed by atoms with E-state index in [-0.39, 0.29) is 6.61 Å². The monoisotopic (exact) mass is 366 g/mol. The molecule has 7 heteroatoms. The summed E-state index contributed by atoms with van der Waals surface area (Å²) in [4.78, 5) is 0. The number of halogens is 1. The summed E-state index contributed by atoms with van der Waals surface area (Å²) in [7, 11) is 0. The van der Waals surface area contributed by atoms with Crippen molar-refractivity contribution < 1.29 is 23.8 Å². The number of hydrogen-bond donors (Lipinski definition) is 1. The molecule has 0 aromatic heterocycles. The predicted molar refractivity (Wildman–Crippen MR) is 72.4 cm³/mol. The second kappa shape index (κ2) is 16.0. The minimum absolute atomic E-state index is 0.0585. The summed E-state index contributed by atoms with van der Waals surface area (Å²) in [5, 5.41) is 8.43. The minimum Gasteiger partial charge on any atom is -0.394 e. The van der Waals surface area contributed by atoms with Crippen molar-refractivity contribution in [2.24, 2.45) is 0 Å². The van der Waals surface area contributed by atoms with Gasteiger partial charge in [0.1, 0.15) is 0 Å². The van der Waals surface area contributed by atoms with Gasteiger partial charge in [0, 0.05) is 6.61 Å². The molecular weight excluding hydrogens is 346 g/mol. The summed E-state index contributed by atoms with van der Waals surface area (Å²) >= 11 is 2.20. The molecule has 98 valence electrons. The van der Waals surface area contributed by atoms with Gasteiger partial charge < -0.3 is 23.8 Å². The third-order valence-corrected chi connectivity index (χ3v) is 2.82. The van der Waals surface area contributed by atoms with Gasteiger partial charge in [0.05, 0.1) is 52.7 Å². The molecule has 0 radical (unpaired) electrons. The van der Waals surface area contributed by atoms with Crippen LogP contribution in [0.1, 0.15) is 6.42 Å². The molecule has 0 amide bonds. The fourth-order valence-corrected chi connectivity index (χ4v) is 1.76. The highest BCUT2D eigenvalue weighted by Gasteiger charge is 1.91. The smallest absolute Gasteiger partial charge is 0.0793 e. The Morgan fingerprint density at radius 3 is 1.94 bits per heavy atom. The maximum atomic E-state index is 8.43. The van der Waals surface area contributed by atoms with Gasteiger partial charge in [-0.2, -0.15) is 0 Å². The third-order valence-electron chi connectivity index (χ3n) is 1.57. The number of ether oxygens (including phenoxy) is 3. The highest BCUT2D eigenvalue weighted by molar-refractivity contribution is 14.2. The molecule has 0 saturated carbocycles. The van der Waals surface area contributed by atoms with E-state index in [9.17, 15) is 0 Å². The van der Waals surface area contributed by atoms with E-state index >= 15 is 0 Å². The summed E-state index contributed by atoms with van der Waals surface area (Å²) in [6.07, 6.45) is 0.926. The highest BCUT2D eigenvalue weighted by Crippen LogP contribution is 2.21. The third kappa shape index (κ3) is 15.0. The Hall–Kier alpha value is 0.960. The lowest BCUT2D eigenvalue weighted by Crippen LogP contribution is -2.11. The maximum Gasteiger partial charge on any atom is 0.0793 e. The van der Waals surface area contributed by atoms with Gasteiger partial charge in [-0.3, -0.25) is 0 Å². The second-order valence-electron chi connectivity index (χ2n) is 2.84. The van der Waals surface area contributed by atoms with Gasteiger partial charge in [-0.25, -0.2) is 0 Å². The largest absolute Gasteiger partial charge is 0.394 e. The van der Waals surface area contributed by atoms with E-state index in [1.807, 2.05) is 0 Å². The van der Waals surface area contributed by atoms with Crippen molar-refractivity contribution >= 4 is 28.5 Å². The van der Waals surface area contributed by atoms with E-state index in [1.54, 1.807) is 0 Å². The fraction of sp³-hybridized carbons (Fsp3) is 1.00. The van der Waals surface area contributed by atoms with Crippen molar-refractivity contribution in [3.63, 3.8) is 0 Å². The number of hydrogen-bond acceptors (Lipinski definition) is 5. The molecule has 16 heavy (non-hydrogen) atoms. The molecule has 1 unspecified atom stereocenters. The lowest BCUT2D eigenvalue weighted by molar-refractivity contribution is 0.00649. The molecule has 0 rings (SSSR count). The van der Waals surface area contributed by atoms with E-state index in [0.717, 1.165) is 13.0 Å². The van der Waals surface area contributed by atoms with Crippen LogP contribution in [-0.4, -0.2) is 58.0 Å². The average Bonchev–Trinajstić information content (AvgIpc) is 2.31. The molecule has 0 spiro atoms. The molecule has 0 aliphatic rings. The summed E-state index contributed by atoms with van der Waals surface area (Å²) in [6, 6.07) is 0. The Morgan fingerprint density at radius 1 is 0.812 bits per heavy atom. The summed E-state index contributed by atoms with van der Waals surface area (Å²) in [5.41, 5.74) is 0. The quantitative estimate of drug-likeness (QED) is 0.303. The first kappa shape index (κ1) is 17.0. The SMILES string of the molecule is OCCOCCOCCOCCCOPI. The molecule has 0 saturated heterocycles. The molecule has 0 bridgehead atoms. The van der Waals surface area contributed by atoms with Gasteiger partial charge in [0.25, 0.3) is 0 Å². The van der Waals surface area contributed by atoms with Gasteiger partial charge in [0.2, 0.25) is 0 Å². The molecule has 0 fully saturated rings. The van der Waals surface area contributed by atoms with E-state index in [2.05, 4.69) is 22.0 Å². The van der Waals surface area contributed by atoms with Crippen LogP contribution in [0.4, 0.5) is 0 Å². The van der Waals surface area contributed by atoms with Gasteiger partial charge >= 0.3 is 0 Å². The van der Waals surface area contributed by atoms with Crippen LogP contribution in [0.5, 0.6) is 0 Å². The molecule has 0 heterocycles. The topological polar surface area (TPSA) is 57.2 Å². The number of aliphatic hydroxyl groups excluding tert-OH is 1. The van der Waals surface area contributed by atoms with Gasteiger partial charge in [-0.1, -0.05) is 0 Å². The average molecular weight is 366 g/mol. The van der Waals surface area contributed by atoms with Crippen LogP contribution < -0.4 is 0 Å². The van der Waals surface area contributed by atoms with Crippen LogP contribution in [0, 0.1) is 0 Å². The van der Waals surface area contributed by atoms with Crippen molar-refractivity contribution in [3.05, 3.63) is 0 Å². The molecule has 0 aromatic carbocycles. The Morgan fingerprint density at radius 2 is 1.38 bits per heavy atom. The summed E-state index contributed by atoms with van der Waals surface area (Å²) < 4.78 is 20.8. The van der Waals surface area contributed by atoms with E-state index < -0.39 is 0 Å². The van der Waals surface area contributed by atoms with Crippen LogP contribution >= 0.6 is 28.5 Å². The van der Waals surface area contributed by atoms with Crippen LogP contribution in [-0.2, 0) is 18.7 Å². The van der Waals surface area contributed by atoms with Crippen molar-refractivity contribution in [1.82, 2.24) is 0 Å². The van der Waals surface area contributed by atoms with Crippen molar-refractivity contribution in [2.45, 2.75) is 6.42 Å². The molecule has 5 nitrogen and oxygen atoms in total. The maximum absolute atomic E-state index is 8.43. The van der Waals surface area contributed by atoms with E-state index in [4.69, 9.17) is 23.8 Å². The zero-order valence-electron chi connectivity index (χ0n) is 9.32. The lowest BCUT2D eigenvalue weighted by Gasteiger charge is -2.06.